The highest BCUT2D eigenvalue weighted by atomic mass is 19.1. The van der Waals surface area contributed by atoms with Gasteiger partial charge in [-0.25, -0.2) is 4.39 Å². The van der Waals surface area contributed by atoms with E-state index in [4.69, 9.17) is 0 Å². The number of hydrogen-bond donors (Lipinski definition) is 1. The van der Waals surface area contributed by atoms with E-state index in [1.165, 1.54) is 11.6 Å². The van der Waals surface area contributed by atoms with E-state index in [9.17, 15) is 4.39 Å². The van der Waals surface area contributed by atoms with Crippen LogP contribution in [0.4, 0.5) is 10.1 Å². The summed E-state index contributed by atoms with van der Waals surface area (Å²) in [7, 11) is 1.90. The minimum atomic E-state index is -0.136. The second-order valence-electron chi connectivity index (χ2n) is 4.17. The molecular weight excluding hydrogens is 213 g/mol. The lowest BCUT2D eigenvalue weighted by molar-refractivity contribution is 0.614. The quantitative estimate of drug-likeness (QED) is 0.844. The topological polar surface area (TPSA) is 12.0 Å². The fourth-order valence-electron chi connectivity index (χ4n) is 1.98. The largest absolute Gasteiger partial charge is 0.388 e. The van der Waals surface area contributed by atoms with Crippen molar-refractivity contribution in [2.24, 2.45) is 0 Å². The second kappa shape index (κ2) is 5.00. The van der Waals surface area contributed by atoms with Gasteiger partial charge >= 0.3 is 0 Å². The number of halogens is 1. The lowest BCUT2D eigenvalue weighted by Crippen LogP contribution is -1.96. The van der Waals surface area contributed by atoms with Gasteiger partial charge in [0.05, 0.1) is 0 Å². The molecule has 0 saturated carbocycles. The zero-order chi connectivity index (χ0) is 12.3. The first kappa shape index (κ1) is 11.6. The van der Waals surface area contributed by atoms with Gasteiger partial charge in [0.15, 0.2) is 0 Å². The standard InChI is InChI=1S/C15H16FN/c1-11-9-12(7-8-15(11)17-2)10-13-5-3-4-6-14(13)16/h3-9,17H,10H2,1-2H3. The van der Waals surface area contributed by atoms with Crippen molar-refractivity contribution in [2.75, 3.05) is 12.4 Å². The van der Waals surface area contributed by atoms with Crippen LogP contribution in [0.15, 0.2) is 42.5 Å². The SMILES string of the molecule is CNc1ccc(Cc2ccccc2F)cc1C. The van der Waals surface area contributed by atoms with Crippen LogP contribution in [-0.2, 0) is 6.42 Å². The summed E-state index contributed by atoms with van der Waals surface area (Å²) in [6, 6.07) is 13.1. The maximum atomic E-state index is 13.5. The highest BCUT2D eigenvalue weighted by Crippen LogP contribution is 2.19. The van der Waals surface area contributed by atoms with Gasteiger partial charge in [-0.3, -0.25) is 0 Å². The normalized spacial score (nSPS) is 10.3. The monoisotopic (exact) mass is 229 g/mol. The molecule has 0 amide bonds. The summed E-state index contributed by atoms with van der Waals surface area (Å²) < 4.78 is 13.5. The number of benzene rings is 2. The molecule has 0 aliphatic carbocycles. The summed E-state index contributed by atoms with van der Waals surface area (Å²) in [5.41, 5.74) is 4.17. The van der Waals surface area contributed by atoms with Crippen LogP contribution in [0.25, 0.3) is 0 Å². The Balaban J connectivity index is 2.25. The molecule has 1 N–H and O–H groups in total. The van der Waals surface area contributed by atoms with Crippen molar-refractivity contribution in [2.45, 2.75) is 13.3 Å². The number of nitrogens with one attached hydrogen (secondary N) is 1. The summed E-state index contributed by atoms with van der Waals surface area (Å²) in [5.74, 6) is -0.136. The zero-order valence-electron chi connectivity index (χ0n) is 10.1. The van der Waals surface area contributed by atoms with Gasteiger partial charge in [-0.15, -0.1) is 0 Å². The van der Waals surface area contributed by atoms with E-state index >= 15 is 0 Å². The maximum Gasteiger partial charge on any atom is 0.126 e. The fraction of sp³-hybridized carbons (Fsp3) is 0.200. The van der Waals surface area contributed by atoms with E-state index in [-0.39, 0.29) is 5.82 Å². The van der Waals surface area contributed by atoms with Crippen LogP contribution in [0.3, 0.4) is 0 Å². The number of rotatable bonds is 3. The van der Waals surface area contributed by atoms with Gasteiger partial charge in [0, 0.05) is 19.2 Å². The Morgan fingerprint density at radius 3 is 2.53 bits per heavy atom. The van der Waals surface area contributed by atoms with Crippen molar-refractivity contribution in [1.29, 1.82) is 0 Å². The van der Waals surface area contributed by atoms with E-state index < -0.39 is 0 Å². The van der Waals surface area contributed by atoms with E-state index in [1.54, 1.807) is 6.07 Å². The Bertz CT molecular complexity index is 520. The predicted molar refractivity (Wildman–Crippen MR) is 69.9 cm³/mol. The Hall–Kier alpha value is -1.83. The number of hydrogen-bond acceptors (Lipinski definition) is 1. The van der Waals surface area contributed by atoms with Crippen molar-refractivity contribution in [3.05, 3.63) is 65.0 Å². The third kappa shape index (κ3) is 2.64. The molecule has 2 aromatic rings. The molecule has 2 aromatic carbocycles. The number of anilines is 1. The Labute approximate surface area is 101 Å². The van der Waals surface area contributed by atoms with Crippen LogP contribution in [-0.4, -0.2) is 7.05 Å². The summed E-state index contributed by atoms with van der Waals surface area (Å²) in [4.78, 5) is 0. The molecule has 88 valence electrons. The molecule has 2 heteroatoms. The molecule has 0 saturated heterocycles. The molecule has 0 aliphatic rings. The van der Waals surface area contributed by atoms with Crippen molar-refractivity contribution in [1.82, 2.24) is 0 Å². The lowest BCUT2D eigenvalue weighted by atomic mass is 10.0. The summed E-state index contributed by atoms with van der Waals surface area (Å²) in [5, 5.41) is 3.12. The minimum absolute atomic E-state index is 0.136. The zero-order valence-corrected chi connectivity index (χ0v) is 10.1. The Kier molecular flexibility index (Phi) is 3.43. The molecule has 0 atom stereocenters. The van der Waals surface area contributed by atoms with Gasteiger partial charge in [-0.1, -0.05) is 30.3 Å². The minimum Gasteiger partial charge on any atom is -0.388 e. The van der Waals surface area contributed by atoms with E-state index in [0.29, 0.717) is 6.42 Å². The molecule has 0 aliphatic heterocycles. The van der Waals surface area contributed by atoms with Crippen LogP contribution in [0, 0.1) is 12.7 Å². The van der Waals surface area contributed by atoms with Crippen LogP contribution in [0.2, 0.25) is 0 Å². The lowest BCUT2D eigenvalue weighted by Gasteiger charge is -2.08. The molecular formula is C15H16FN. The predicted octanol–water partition coefficient (Wildman–Crippen LogP) is 3.77. The second-order valence-corrected chi connectivity index (χ2v) is 4.17. The summed E-state index contributed by atoms with van der Waals surface area (Å²) in [6.45, 7) is 2.05. The summed E-state index contributed by atoms with van der Waals surface area (Å²) in [6.07, 6.45) is 0.636. The molecule has 0 radical (unpaired) electrons. The molecule has 0 spiro atoms. The summed E-state index contributed by atoms with van der Waals surface area (Å²) >= 11 is 0. The van der Waals surface area contributed by atoms with Crippen molar-refractivity contribution in [3.8, 4) is 0 Å². The molecule has 0 fully saturated rings. The molecule has 17 heavy (non-hydrogen) atoms. The van der Waals surface area contributed by atoms with Crippen LogP contribution in [0.1, 0.15) is 16.7 Å². The van der Waals surface area contributed by atoms with E-state index in [1.807, 2.05) is 31.3 Å². The van der Waals surface area contributed by atoms with Crippen molar-refractivity contribution in [3.63, 3.8) is 0 Å². The molecule has 0 bridgehead atoms. The van der Waals surface area contributed by atoms with Crippen LogP contribution >= 0.6 is 0 Å². The molecule has 0 aromatic heterocycles. The van der Waals surface area contributed by atoms with Crippen molar-refractivity contribution >= 4 is 5.69 Å². The van der Waals surface area contributed by atoms with Gasteiger partial charge in [0.2, 0.25) is 0 Å². The fourth-order valence-corrected chi connectivity index (χ4v) is 1.98. The van der Waals surface area contributed by atoms with Crippen molar-refractivity contribution < 1.29 is 4.39 Å². The first-order valence-electron chi connectivity index (χ1n) is 5.71. The van der Waals surface area contributed by atoms with Gasteiger partial charge in [-0.2, -0.15) is 0 Å². The molecule has 2 rings (SSSR count). The van der Waals surface area contributed by atoms with E-state index in [2.05, 4.69) is 18.3 Å². The van der Waals surface area contributed by atoms with Gasteiger partial charge in [0.25, 0.3) is 0 Å². The van der Waals surface area contributed by atoms with Gasteiger partial charge in [0.1, 0.15) is 5.82 Å². The Morgan fingerprint density at radius 1 is 1.12 bits per heavy atom. The highest BCUT2D eigenvalue weighted by molar-refractivity contribution is 5.52. The van der Waals surface area contributed by atoms with Gasteiger partial charge < -0.3 is 5.32 Å². The first-order chi connectivity index (χ1) is 8.20. The smallest absolute Gasteiger partial charge is 0.126 e. The van der Waals surface area contributed by atoms with Crippen LogP contribution < -0.4 is 5.32 Å². The number of aryl methyl sites for hydroxylation is 1. The van der Waals surface area contributed by atoms with Gasteiger partial charge in [-0.05, 0) is 35.7 Å². The average Bonchev–Trinajstić information content (AvgIpc) is 2.32. The highest BCUT2D eigenvalue weighted by Gasteiger charge is 2.03. The van der Waals surface area contributed by atoms with Crippen LogP contribution in [0.5, 0.6) is 0 Å². The maximum absolute atomic E-state index is 13.5. The third-order valence-corrected chi connectivity index (χ3v) is 2.91. The molecule has 0 heterocycles. The molecule has 1 nitrogen and oxygen atoms in total. The Morgan fingerprint density at radius 2 is 1.88 bits per heavy atom. The average molecular weight is 229 g/mol. The third-order valence-electron chi connectivity index (χ3n) is 2.91. The molecule has 0 unspecified atom stereocenters. The first-order valence-corrected chi connectivity index (χ1v) is 5.71. The van der Waals surface area contributed by atoms with E-state index in [0.717, 1.165) is 16.8 Å².